The number of carbonyl (C=O) groups excluding carboxylic acids is 1. The zero-order valence-corrected chi connectivity index (χ0v) is 15.3. The van der Waals surface area contributed by atoms with Crippen molar-refractivity contribution in [1.82, 2.24) is 5.43 Å². The van der Waals surface area contributed by atoms with Crippen molar-refractivity contribution in [1.29, 1.82) is 0 Å². The third-order valence-corrected chi connectivity index (χ3v) is 4.93. The number of benzene rings is 3. The van der Waals surface area contributed by atoms with Crippen molar-refractivity contribution in [2.45, 2.75) is 12.8 Å². The summed E-state index contributed by atoms with van der Waals surface area (Å²) in [6.07, 6.45) is 3.87. The summed E-state index contributed by atoms with van der Waals surface area (Å²) in [5.41, 5.74) is 6.78. The molecule has 0 radical (unpaired) electrons. The maximum absolute atomic E-state index is 12.4. The van der Waals surface area contributed by atoms with Crippen LogP contribution in [0.3, 0.4) is 0 Å². The highest BCUT2D eigenvalue weighted by molar-refractivity contribution is 6.04. The zero-order valence-electron chi connectivity index (χ0n) is 15.3. The normalized spacial score (nSPS) is 12.5. The minimum atomic E-state index is -0.307. The second-order valence-corrected chi connectivity index (χ2v) is 6.42. The second kappa shape index (κ2) is 7.11. The highest BCUT2D eigenvalue weighted by Crippen LogP contribution is 2.32. The Morgan fingerprint density at radius 1 is 1.00 bits per heavy atom. The molecule has 0 spiro atoms. The van der Waals surface area contributed by atoms with Gasteiger partial charge in [-0.1, -0.05) is 30.3 Å². The van der Waals surface area contributed by atoms with E-state index in [2.05, 4.69) is 40.9 Å². The number of nitrogens with zero attached hydrogens (tertiary/aromatic N) is 1. The quantitative estimate of drug-likeness (QED) is 0.557. The van der Waals surface area contributed by atoms with Crippen molar-refractivity contribution in [2.75, 3.05) is 14.2 Å². The lowest BCUT2D eigenvalue weighted by Gasteiger charge is -2.08. The summed E-state index contributed by atoms with van der Waals surface area (Å²) in [5, 5.41) is 6.65. The average molecular weight is 360 g/mol. The molecule has 5 heteroatoms. The molecule has 0 unspecified atom stereocenters. The molecule has 1 aliphatic carbocycles. The van der Waals surface area contributed by atoms with Crippen molar-refractivity contribution in [3.8, 4) is 11.5 Å². The number of carbonyl (C=O) groups is 1. The van der Waals surface area contributed by atoms with Crippen LogP contribution < -0.4 is 14.9 Å². The fourth-order valence-electron chi connectivity index (χ4n) is 3.58. The van der Waals surface area contributed by atoms with Crippen molar-refractivity contribution in [3.63, 3.8) is 0 Å². The first-order valence-corrected chi connectivity index (χ1v) is 8.80. The van der Waals surface area contributed by atoms with E-state index in [4.69, 9.17) is 9.47 Å². The Morgan fingerprint density at radius 3 is 2.56 bits per heavy atom. The summed E-state index contributed by atoms with van der Waals surface area (Å²) in [6, 6.07) is 15.6. The van der Waals surface area contributed by atoms with Gasteiger partial charge in [-0.3, -0.25) is 4.79 Å². The molecular weight excluding hydrogens is 340 g/mol. The number of hydrogen-bond donors (Lipinski definition) is 1. The van der Waals surface area contributed by atoms with E-state index in [1.54, 1.807) is 31.5 Å². The summed E-state index contributed by atoms with van der Waals surface area (Å²) in [5.74, 6) is 0.769. The van der Waals surface area contributed by atoms with Gasteiger partial charge in [-0.25, -0.2) is 5.43 Å². The Balaban J connectivity index is 1.55. The summed E-state index contributed by atoms with van der Waals surface area (Å²) in [7, 11) is 3.09. The van der Waals surface area contributed by atoms with Crippen LogP contribution >= 0.6 is 0 Å². The maximum atomic E-state index is 12.4. The molecule has 1 amide bonds. The fraction of sp³-hybridized carbons (Fsp3) is 0.182. The van der Waals surface area contributed by atoms with E-state index in [9.17, 15) is 4.79 Å². The van der Waals surface area contributed by atoms with Gasteiger partial charge in [0.25, 0.3) is 5.91 Å². The van der Waals surface area contributed by atoms with Gasteiger partial charge in [0.05, 0.1) is 20.4 Å². The van der Waals surface area contributed by atoms with Gasteiger partial charge in [0.2, 0.25) is 0 Å². The molecule has 3 aromatic rings. The van der Waals surface area contributed by atoms with Crippen molar-refractivity contribution >= 4 is 22.9 Å². The van der Waals surface area contributed by atoms with Gasteiger partial charge in [0, 0.05) is 11.1 Å². The van der Waals surface area contributed by atoms with E-state index < -0.39 is 0 Å². The first-order valence-electron chi connectivity index (χ1n) is 8.80. The van der Waals surface area contributed by atoms with Crippen LogP contribution in [0.25, 0.3) is 10.8 Å². The van der Waals surface area contributed by atoms with Crippen LogP contribution in [0, 0.1) is 0 Å². The van der Waals surface area contributed by atoms with Crippen molar-refractivity contribution in [3.05, 3.63) is 70.8 Å². The molecule has 0 heterocycles. The zero-order chi connectivity index (χ0) is 18.8. The van der Waals surface area contributed by atoms with Crippen LogP contribution in [0.1, 0.15) is 27.0 Å². The molecule has 136 valence electrons. The number of hydrazone groups is 1. The van der Waals surface area contributed by atoms with Gasteiger partial charge in [-0.05, 0) is 52.9 Å². The van der Waals surface area contributed by atoms with E-state index in [1.165, 1.54) is 29.0 Å². The molecular formula is C22H20N2O3. The molecule has 1 aliphatic rings. The highest BCUT2D eigenvalue weighted by Gasteiger charge is 2.15. The van der Waals surface area contributed by atoms with Gasteiger partial charge in [-0.2, -0.15) is 5.10 Å². The van der Waals surface area contributed by atoms with E-state index in [0.29, 0.717) is 17.1 Å². The number of ether oxygens (including phenoxy) is 2. The lowest BCUT2D eigenvalue weighted by Crippen LogP contribution is -2.17. The monoisotopic (exact) mass is 360 g/mol. The lowest BCUT2D eigenvalue weighted by atomic mass is 10.0. The molecule has 27 heavy (non-hydrogen) atoms. The molecule has 3 aromatic carbocycles. The Hall–Kier alpha value is -3.34. The van der Waals surface area contributed by atoms with Crippen LogP contribution in [0.4, 0.5) is 0 Å². The van der Waals surface area contributed by atoms with Crippen molar-refractivity contribution in [2.24, 2.45) is 5.10 Å². The van der Waals surface area contributed by atoms with E-state index >= 15 is 0 Å². The minimum absolute atomic E-state index is 0.307. The topological polar surface area (TPSA) is 59.9 Å². The summed E-state index contributed by atoms with van der Waals surface area (Å²) in [4.78, 5) is 12.4. The third kappa shape index (κ3) is 3.12. The van der Waals surface area contributed by atoms with E-state index in [1.807, 2.05) is 0 Å². The van der Waals surface area contributed by atoms with Gasteiger partial charge in [0.15, 0.2) is 11.5 Å². The van der Waals surface area contributed by atoms with Gasteiger partial charge in [-0.15, -0.1) is 0 Å². The Bertz CT molecular complexity index is 1050. The molecule has 0 aliphatic heterocycles. The SMILES string of the molecule is COc1ccc(C(=O)N/N=C\c2ccc3c4c(cccc24)CC3)cc1OC. The van der Waals surface area contributed by atoms with Crippen molar-refractivity contribution < 1.29 is 14.3 Å². The molecule has 0 aromatic heterocycles. The molecule has 1 N–H and O–H groups in total. The average Bonchev–Trinajstić information content (AvgIpc) is 3.13. The Morgan fingerprint density at radius 2 is 1.78 bits per heavy atom. The van der Waals surface area contributed by atoms with Gasteiger partial charge < -0.3 is 9.47 Å². The lowest BCUT2D eigenvalue weighted by molar-refractivity contribution is 0.0954. The first kappa shape index (κ1) is 17.1. The molecule has 5 nitrogen and oxygen atoms in total. The predicted molar refractivity (Wildman–Crippen MR) is 106 cm³/mol. The van der Waals surface area contributed by atoms with E-state index in [0.717, 1.165) is 18.4 Å². The molecule has 0 saturated heterocycles. The fourth-order valence-corrected chi connectivity index (χ4v) is 3.58. The molecule has 4 rings (SSSR count). The maximum Gasteiger partial charge on any atom is 0.271 e. The first-order chi connectivity index (χ1) is 13.2. The minimum Gasteiger partial charge on any atom is -0.493 e. The van der Waals surface area contributed by atoms with Crippen LogP contribution in [0.2, 0.25) is 0 Å². The van der Waals surface area contributed by atoms with Crippen LogP contribution in [-0.4, -0.2) is 26.3 Å². The van der Waals surface area contributed by atoms with Gasteiger partial charge >= 0.3 is 0 Å². The Labute approximate surface area is 157 Å². The molecule has 0 bridgehead atoms. The van der Waals surface area contributed by atoms with Gasteiger partial charge in [0.1, 0.15) is 0 Å². The summed E-state index contributed by atoms with van der Waals surface area (Å²) < 4.78 is 10.4. The van der Waals surface area contributed by atoms with E-state index in [-0.39, 0.29) is 5.91 Å². The predicted octanol–water partition coefficient (Wildman–Crippen LogP) is 3.72. The highest BCUT2D eigenvalue weighted by atomic mass is 16.5. The summed E-state index contributed by atoms with van der Waals surface area (Å²) >= 11 is 0. The number of amides is 1. The number of nitrogens with one attached hydrogen (secondary N) is 1. The smallest absolute Gasteiger partial charge is 0.271 e. The number of aryl methyl sites for hydroxylation is 2. The molecule has 0 saturated carbocycles. The number of hydrogen-bond acceptors (Lipinski definition) is 4. The number of rotatable bonds is 5. The second-order valence-electron chi connectivity index (χ2n) is 6.42. The molecule has 0 atom stereocenters. The largest absolute Gasteiger partial charge is 0.493 e. The van der Waals surface area contributed by atoms with Crippen LogP contribution in [0.5, 0.6) is 11.5 Å². The third-order valence-electron chi connectivity index (χ3n) is 4.93. The number of methoxy groups -OCH3 is 2. The standard InChI is InChI=1S/C22H20N2O3/c1-26-19-11-10-16(12-20(19)27-2)22(25)24-23-13-17-9-8-15-7-6-14-4-3-5-18(17)21(14)15/h3-5,8-13H,6-7H2,1-2H3,(H,24,25)/b23-13-. The van der Waals surface area contributed by atoms with Crippen LogP contribution in [0.15, 0.2) is 53.6 Å². The Kier molecular flexibility index (Phi) is 4.50. The van der Waals surface area contributed by atoms with Crippen LogP contribution in [-0.2, 0) is 12.8 Å². The summed E-state index contributed by atoms with van der Waals surface area (Å²) in [6.45, 7) is 0. The molecule has 0 fully saturated rings.